The first kappa shape index (κ1) is 16.3. The third-order valence-corrected chi connectivity index (χ3v) is 2.80. The maximum atomic E-state index is 11.5. The van der Waals surface area contributed by atoms with Crippen LogP contribution in [-0.2, 0) is 11.3 Å². The van der Waals surface area contributed by atoms with Crippen LogP contribution < -0.4 is 16.0 Å². The zero-order valence-electron chi connectivity index (χ0n) is 11.9. The summed E-state index contributed by atoms with van der Waals surface area (Å²) in [5.41, 5.74) is 1.05. The molecule has 0 aliphatic carbocycles. The molecule has 1 amide bonds. The first-order valence-corrected chi connectivity index (χ1v) is 6.99. The lowest BCUT2D eigenvalue weighted by Crippen LogP contribution is -2.43. The number of rotatable bonds is 6. The van der Waals surface area contributed by atoms with Crippen LogP contribution in [0.3, 0.4) is 0 Å². The Morgan fingerprint density at radius 2 is 2.10 bits per heavy atom. The monoisotopic (exact) mass is 296 g/mol. The van der Waals surface area contributed by atoms with Crippen LogP contribution in [0.25, 0.3) is 0 Å². The van der Waals surface area contributed by atoms with E-state index in [2.05, 4.69) is 20.9 Å². The SMILES string of the molecule is CCCNC(=O)CNC(=NC)NCc1cccc(Cl)c1. The van der Waals surface area contributed by atoms with Gasteiger partial charge in [0.2, 0.25) is 5.91 Å². The molecule has 0 heterocycles. The molecule has 1 aromatic carbocycles. The molecule has 0 saturated heterocycles. The van der Waals surface area contributed by atoms with Crippen molar-refractivity contribution in [2.75, 3.05) is 20.1 Å². The number of aliphatic imine (C=N–C) groups is 1. The third kappa shape index (κ3) is 6.43. The number of carbonyl (C=O) groups excluding carboxylic acids is 1. The van der Waals surface area contributed by atoms with Crippen LogP contribution in [0, 0.1) is 0 Å². The fraction of sp³-hybridized carbons (Fsp3) is 0.429. The van der Waals surface area contributed by atoms with Gasteiger partial charge in [0.15, 0.2) is 5.96 Å². The summed E-state index contributed by atoms with van der Waals surface area (Å²) in [4.78, 5) is 15.5. The maximum absolute atomic E-state index is 11.5. The number of hydrogen-bond donors (Lipinski definition) is 3. The third-order valence-electron chi connectivity index (χ3n) is 2.56. The van der Waals surface area contributed by atoms with Crippen molar-refractivity contribution in [2.45, 2.75) is 19.9 Å². The average molecular weight is 297 g/mol. The Labute approximate surface area is 124 Å². The summed E-state index contributed by atoms with van der Waals surface area (Å²) in [6.45, 7) is 3.50. The molecule has 0 unspecified atom stereocenters. The molecule has 0 aliphatic heterocycles. The fourth-order valence-corrected chi connectivity index (χ4v) is 1.76. The van der Waals surface area contributed by atoms with Gasteiger partial charge in [0.1, 0.15) is 0 Å². The predicted octanol–water partition coefficient (Wildman–Crippen LogP) is 1.53. The molecule has 3 N–H and O–H groups in total. The number of amides is 1. The number of nitrogens with one attached hydrogen (secondary N) is 3. The Morgan fingerprint density at radius 1 is 1.30 bits per heavy atom. The van der Waals surface area contributed by atoms with Crippen LogP contribution in [0.5, 0.6) is 0 Å². The second-order valence-electron chi connectivity index (χ2n) is 4.26. The molecule has 0 atom stereocenters. The van der Waals surface area contributed by atoms with E-state index in [4.69, 9.17) is 11.6 Å². The lowest BCUT2D eigenvalue weighted by Gasteiger charge is -2.12. The van der Waals surface area contributed by atoms with Crippen LogP contribution in [0.4, 0.5) is 0 Å². The van der Waals surface area contributed by atoms with E-state index >= 15 is 0 Å². The summed E-state index contributed by atoms with van der Waals surface area (Å²) >= 11 is 5.92. The topological polar surface area (TPSA) is 65.5 Å². The van der Waals surface area contributed by atoms with Crippen molar-refractivity contribution in [3.8, 4) is 0 Å². The zero-order valence-corrected chi connectivity index (χ0v) is 12.6. The minimum atomic E-state index is -0.0439. The Kier molecular flexibility index (Phi) is 7.50. The number of carbonyl (C=O) groups is 1. The van der Waals surface area contributed by atoms with E-state index in [-0.39, 0.29) is 12.5 Å². The quantitative estimate of drug-likeness (QED) is 0.551. The highest BCUT2D eigenvalue weighted by atomic mass is 35.5. The van der Waals surface area contributed by atoms with Gasteiger partial charge in [-0.3, -0.25) is 9.79 Å². The van der Waals surface area contributed by atoms with Gasteiger partial charge in [0, 0.05) is 25.2 Å². The molecule has 5 nitrogen and oxygen atoms in total. The molecular weight excluding hydrogens is 276 g/mol. The molecule has 1 rings (SSSR count). The van der Waals surface area contributed by atoms with E-state index in [1.54, 1.807) is 7.05 Å². The fourth-order valence-electron chi connectivity index (χ4n) is 1.54. The molecule has 1 aromatic rings. The number of halogens is 1. The lowest BCUT2D eigenvalue weighted by atomic mass is 10.2. The highest BCUT2D eigenvalue weighted by Gasteiger charge is 2.02. The summed E-state index contributed by atoms with van der Waals surface area (Å²) < 4.78 is 0. The van der Waals surface area contributed by atoms with Gasteiger partial charge in [-0.1, -0.05) is 30.7 Å². The summed E-state index contributed by atoms with van der Waals surface area (Å²) in [6.07, 6.45) is 0.924. The van der Waals surface area contributed by atoms with Crippen molar-refractivity contribution >= 4 is 23.5 Å². The minimum absolute atomic E-state index is 0.0439. The summed E-state index contributed by atoms with van der Waals surface area (Å²) in [5.74, 6) is 0.536. The Bertz CT molecular complexity index is 462. The Balaban J connectivity index is 2.35. The average Bonchev–Trinajstić information content (AvgIpc) is 2.45. The van der Waals surface area contributed by atoms with Gasteiger partial charge in [-0.05, 0) is 24.1 Å². The van der Waals surface area contributed by atoms with Gasteiger partial charge >= 0.3 is 0 Å². The Hall–Kier alpha value is -1.75. The van der Waals surface area contributed by atoms with E-state index in [9.17, 15) is 4.79 Å². The molecule has 0 spiro atoms. The van der Waals surface area contributed by atoms with Crippen molar-refractivity contribution in [3.05, 3.63) is 34.9 Å². The lowest BCUT2D eigenvalue weighted by molar-refractivity contribution is -0.120. The number of nitrogens with zero attached hydrogens (tertiary/aromatic N) is 1. The number of hydrogen-bond acceptors (Lipinski definition) is 2. The van der Waals surface area contributed by atoms with Crippen LogP contribution in [0.15, 0.2) is 29.3 Å². The van der Waals surface area contributed by atoms with E-state index in [1.807, 2.05) is 31.2 Å². The summed E-state index contributed by atoms with van der Waals surface area (Å²) in [5, 5.41) is 9.57. The van der Waals surface area contributed by atoms with E-state index in [0.717, 1.165) is 12.0 Å². The molecule has 0 fully saturated rings. The van der Waals surface area contributed by atoms with Crippen molar-refractivity contribution in [2.24, 2.45) is 4.99 Å². The van der Waals surface area contributed by atoms with Gasteiger partial charge < -0.3 is 16.0 Å². The Morgan fingerprint density at radius 3 is 2.75 bits per heavy atom. The normalized spacial score (nSPS) is 11.1. The molecule has 0 saturated carbocycles. The van der Waals surface area contributed by atoms with E-state index < -0.39 is 0 Å². The van der Waals surface area contributed by atoms with Crippen molar-refractivity contribution in [1.82, 2.24) is 16.0 Å². The zero-order chi connectivity index (χ0) is 14.8. The first-order chi connectivity index (χ1) is 9.65. The van der Waals surface area contributed by atoms with Gasteiger partial charge in [0.05, 0.1) is 6.54 Å². The highest BCUT2D eigenvalue weighted by Crippen LogP contribution is 2.09. The van der Waals surface area contributed by atoms with E-state index in [1.165, 1.54) is 0 Å². The molecule has 6 heteroatoms. The second kappa shape index (κ2) is 9.20. The van der Waals surface area contributed by atoms with Crippen LogP contribution in [0.1, 0.15) is 18.9 Å². The van der Waals surface area contributed by atoms with Crippen molar-refractivity contribution < 1.29 is 4.79 Å². The van der Waals surface area contributed by atoms with Gasteiger partial charge in [-0.15, -0.1) is 0 Å². The molecule has 0 bridgehead atoms. The standard InChI is InChI=1S/C14H21ClN4O/c1-3-7-17-13(20)10-19-14(16-2)18-9-11-5-4-6-12(15)8-11/h4-6,8H,3,7,9-10H2,1-2H3,(H,17,20)(H2,16,18,19). The molecule has 110 valence electrons. The number of benzene rings is 1. The van der Waals surface area contributed by atoms with Gasteiger partial charge in [-0.2, -0.15) is 0 Å². The van der Waals surface area contributed by atoms with E-state index in [0.29, 0.717) is 24.1 Å². The predicted molar refractivity (Wildman–Crippen MR) is 83.0 cm³/mol. The van der Waals surface area contributed by atoms with Crippen molar-refractivity contribution in [3.63, 3.8) is 0 Å². The van der Waals surface area contributed by atoms with Gasteiger partial charge in [0.25, 0.3) is 0 Å². The summed E-state index contributed by atoms with van der Waals surface area (Å²) in [6, 6.07) is 7.58. The largest absolute Gasteiger partial charge is 0.355 e. The molecule has 0 aromatic heterocycles. The van der Waals surface area contributed by atoms with Crippen LogP contribution >= 0.6 is 11.6 Å². The van der Waals surface area contributed by atoms with Gasteiger partial charge in [-0.25, -0.2) is 0 Å². The first-order valence-electron chi connectivity index (χ1n) is 6.61. The maximum Gasteiger partial charge on any atom is 0.239 e. The van der Waals surface area contributed by atoms with Crippen molar-refractivity contribution in [1.29, 1.82) is 0 Å². The van der Waals surface area contributed by atoms with Crippen LogP contribution in [-0.4, -0.2) is 32.0 Å². The second-order valence-corrected chi connectivity index (χ2v) is 4.70. The molecular formula is C14H21ClN4O. The molecule has 0 aliphatic rings. The molecule has 20 heavy (non-hydrogen) atoms. The highest BCUT2D eigenvalue weighted by molar-refractivity contribution is 6.30. The van der Waals surface area contributed by atoms with Crippen LogP contribution in [0.2, 0.25) is 5.02 Å². The number of guanidine groups is 1. The summed E-state index contributed by atoms with van der Waals surface area (Å²) in [7, 11) is 1.66. The molecule has 0 radical (unpaired) electrons. The minimum Gasteiger partial charge on any atom is -0.355 e. The smallest absolute Gasteiger partial charge is 0.239 e.